The molecule has 0 spiro atoms. The lowest BCUT2D eigenvalue weighted by Gasteiger charge is -2.43. The number of piperazine rings is 1. The van der Waals surface area contributed by atoms with E-state index in [9.17, 15) is 0 Å². The summed E-state index contributed by atoms with van der Waals surface area (Å²) < 4.78 is 5.54. The van der Waals surface area contributed by atoms with Crippen LogP contribution in [-0.2, 0) is 6.42 Å². The fraction of sp³-hybridized carbons (Fsp3) is 0.500. The van der Waals surface area contributed by atoms with Crippen LogP contribution in [0.5, 0.6) is 5.75 Å². The maximum atomic E-state index is 6.26. The molecule has 156 valence electrons. The van der Waals surface area contributed by atoms with Crippen LogP contribution in [-0.4, -0.2) is 69.3 Å². The fourth-order valence-corrected chi connectivity index (χ4v) is 4.72. The average molecular weight is 395 g/mol. The summed E-state index contributed by atoms with van der Waals surface area (Å²) in [4.78, 5) is 7.67. The Bertz CT molecular complexity index is 794. The zero-order valence-electron chi connectivity index (χ0n) is 17.8. The van der Waals surface area contributed by atoms with Crippen molar-refractivity contribution in [3.8, 4) is 5.75 Å². The number of nitrogens with two attached hydrogens (primary N) is 1. The molecule has 5 heteroatoms. The zero-order valence-corrected chi connectivity index (χ0v) is 17.8. The number of nitrogen functional groups attached to an aromatic ring is 1. The summed E-state index contributed by atoms with van der Waals surface area (Å²) in [5.41, 5.74) is 10.8. The van der Waals surface area contributed by atoms with Gasteiger partial charge < -0.3 is 20.3 Å². The van der Waals surface area contributed by atoms with E-state index in [0.29, 0.717) is 6.04 Å². The summed E-state index contributed by atoms with van der Waals surface area (Å²) in [5, 5.41) is 0. The Morgan fingerprint density at radius 2 is 1.66 bits per heavy atom. The van der Waals surface area contributed by atoms with Crippen molar-refractivity contribution < 1.29 is 4.74 Å². The van der Waals surface area contributed by atoms with Gasteiger partial charge in [-0.1, -0.05) is 30.3 Å². The Morgan fingerprint density at radius 1 is 0.966 bits per heavy atom. The molecule has 2 aliphatic rings. The third-order valence-corrected chi connectivity index (χ3v) is 6.53. The molecule has 4 rings (SSSR count). The minimum atomic E-state index is 0.716. The van der Waals surface area contributed by atoms with Crippen LogP contribution in [0, 0.1) is 0 Å². The predicted octanol–water partition coefficient (Wildman–Crippen LogP) is 3.08. The molecule has 2 heterocycles. The van der Waals surface area contributed by atoms with Gasteiger partial charge in [0.15, 0.2) is 0 Å². The second kappa shape index (κ2) is 9.06. The van der Waals surface area contributed by atoms with Crippen molar-refractivity contribution in [3.05, 3.63) is 53.6 Å². The lowest BCUT2D eigenvalue weighted by atomic mass is 9.97. The van der Waals surface area contributed by atoms with Crippen LogP contribution in [0.4, 0.5) is 11.4 Å². The molecule has 5 nitrogen and oxygen atoms in total. The van der Waals surface area contributed by atoms with E-state index in [0.717, 1.165) is 30.9 Å². The minimum Gasteiger partial charge on any atom is -0.495 e. The van der Waals surface area contributed by atoms with Gasteiger partial charge in [-0.15, -0.1) is 0 Å². The molecular weight excluding hydrogens is 360 g/mol. The van der Waals surface area contributed by atoms with Crippen LogP contribution in [0.25, 0.3) is 0 Å². The molecule has 0 aromatic heterocycles. The average Bonchev–Trinajstić information content (AvgIpc) is 2.75. The fourth-order valence-electron chi connectivity index (χ4n) is 4.72. The predicted molar refractivity (Wildman–Crippen MR) is 121 cm³/mol. The highest BCUT2D eigenvalue weighted by Gasteiger charge is 2.28. The summed E-state index contributed by atoms with van der Waals surface area (Å²) in [6.45, 7) is 6.97. The number of hydrogen-bond donors (Lipinski definition) is 1. The van der Waals surface area contributed by atoms with E-state index < -0.39 is 0 Å². The number of hydrogen-bond acceptors (Lipinski definition) is 5. The molecule has 0 amide bonds. The molecular formula is C24H34N4O. The molecule has 29 heavy (non-hydrogen) atoms. The topological polar surface area (TPSA) is 45.0 Å². The monoisotopic (exact) mass is 394 g/mol. The van der Waals surface area contributed by atoms with Crippen molar-refractivity contribution in [2.24, 2.45) is 0 Å². The summed E-state index contributed by atoms with van der Waals surface area (Å²) in [6.07, 6.45) is 3.34. The SMILES string of the molecule is COc1cc(N2CCC(N3CCN(C)CC3)CC2)c(Cc2ccccc2)cc1N. The van der Waals surface area contributed by atoms with Crippen molar-refractivity contribution >= 4 is 11.4 Å². The van der Waals surface area contributed by atoms with Gasteiger partial charge in [0.1, 0.15) is 5.75 Å². The summed E-state index contributed by atoms with van der Waals surface area (Å²) in [7, 11) is 3.93. The van der Waals surface area contributed by atoms with Crippen molar-refractivity contribution in [1.82, 2.24) is 9.80 Å². The van der Waals surface area contributed by atoms with Crippen molar-refractivity contribution in [2.75, 3.05) is 64.1 Å². The zero-order chi connectivity index (χ0) is 20.2. The van der Waals surface area contributed by atoms with Crippen molar-refractivity contribution in [1.29, 1.82) is 0 Å². The van der Waals surface area contributed by atoms with Crippen LogP contribution in [0.3, 0.4) is 0 Å². The van der Waals surface area contributed by atoms with Gasteiger partial charge in [-0.3, -0.25) is 4.90 Å². The normalized spacial score (nSPS) is 19.4. The van der Waals surface area contributed by atoms with Gasteiger partial charge in [0, 0.05) is 57.1 Å². The number of piperidine rings is 1. The van der Waals surface area contributed by atoms with E-state index >= 15 is 0 Å². The van der Waals surface area contributed by atoms with E-state index in [1.54, 1.807) is 7.11 Å². The molecule has 2 aromatic rings. The lowest BCUT2D eigenvalue weighted by Crippen LogP contribution is -2.52. The number of likely N-dealkylation sites (N-methyl/N-ethyl adjacent to an activating group) is 1. The largest absolute Gasteiger partial charge is 0.495 e. The third-order valence-electron chi connectivity index (χ3n) is 6.53. The molecule has 2 aromatic carbocycles. The molecule has 2 N–H and O–H groups in total. The highest BCUT2D eigenvalue weighted by Crippen LogP contribution is 2.35. The third kappa shape index (κ3) is 4.68. The molecule has 2 fully saturated rings. The van der Waals surface area contributed by atoms with E-state index in [-0.39, 0.29) is 0 Å². The Hall–Kier alpha value is -2.24. The van der Waals surface area contributed by atoms with E-state index in [2.05, 4.69) is 64.2 Å². The minimum absolute atomic E-state index is 0.716. The van der Waals surface area contributed by atoms with Crippen molar-refractivity contribution in [2.45, 2.75) is 25.3 Å². The highest BCUT2D eigenvalue weighted by molar-refractivity contribution is 5.68. The quantitative estimate of drug-likeness (QED) is 0.790. The lowest BCUT2D eigenvalue weighted by molar-refractivity contribution is 0.0982. The van der Waals surface area contributed by atoms with E-state index in [4.69, 9.17) is 10.5 Å². The molecule has 0 radical (unpaired) electrons. The first kappa shape index (κ1) is 20.0. The van der Waals surface area contributed by atoms with Gasteiger partial charge in [0.25, 0.3) is 0 Å². The van der Waals surface area contributed by atoms with Crippen LogP contribution >= 0.6 is 0 Å². The smallest absolute Gasteiger partial charge is 0.143 e. The Kier molecular flexibility index (Phi) is 6.26. The number of nitrogens with zero attached hydrogens (tertiary/aromatic N) is 3. The number of anilines is 2. The molecule has 0 bridgehead atoms. The van der Waals surface area contributed by atoms with Gasteiger partial charge in [-0.2, -0.15) is 0 Å². The molecule has 0 aliphatic carbocycles. The second-order valence-electron chi connectivity index (χ2n) is 8.44. The maximum Gasteiger partial charge on any atom is 0.143 e. The molecule has 0 atom stereocenters. The molecule has 0 unspecified atom stereocenters. The standard InChI is InChI=1S/C24H34N4O/c1-26-12-14-27(15-13-26)21-8-10-28(11-9-21)23-18-24(29-2)22(25)17-20(23)16-19-6-4-3-5-7-19/h3-7,17-18,21H,8-16,25H2,1-2H3. The van der Waals surface area contributed by atoms with Crippen LogP contribution in [0.2, 0.25) is 0 Å². The first-order chi connectivity index (χ1) is 14.1. The van der Waals surface area contributed by atoms with Crippen LogP contribution in [0.1, 0.15) is 24.0 Å². The highest BCUT2D eigenvalue weighted by atomic mass is 16.5. The molecule has 2 aliphatic heterocycles. The number of methoxy groups -OCH3 is 1. The van der Waals surface area contributed by atoms with Gasteiger partial charge >= 0.3 is 0 Å². The van der Waals surface area contributed by atoms with Crippen molar-refractivity contribution in [3.63, 3.8) is 0 Å². The first-order valence-corrected chi connectivity index (χ1v) is 10.8. The van der Waals surface area contributed by atoms with Crippen LogP contribution < -0.4 is 15.4 Å². The summed E-state index contributed by atoms with van der Waals surface area (Å²) in [5.74, 6) is 0.776. The van der Waals surface area contributed by atoms with E-state index in [1.807, 2.05) is 0 Å². The van der Waals surface area contributed by atoms with Crippen LogP contribution in [0.15, 0.2) is 42.5 Å². The van der Waals surface area contributed by atoms with E-state index in [1.165, 1.54) is 55.8 Å². The Morgan fingerprint density at radius 3 is 2.31 bits per heavy atom. The number of benzene rings is 2. The van der Waals surface area contributed by atoms with Gasteiger partial charge in [-0.25, -0.2) is 0 Å². The van der Waals surface area contributed by atoms with Gasteiger partial charge in [0.2, 0.25) is 0 Å². The number of ether oxygens (including phenoxy) is 1. The van der Waals surface area contributed by atoms with Gasteiger partial charge in [0.05, 0.1) is 12.8 Å². The maximum absolute atomic E-state index is 6.26. The number of rotatable bonds is 5. The van der Waals surface area contributed by atoms with Gasteiger partial charge in [-0.05, 0) is 43.5 Å². The summed E-state index contributed by atoms with van der Waals surface area (Å²) >= 11 is 0. The Labute approximate surface area is 175 Å². The summed E-state index contributed by atoms with van der Waals surface area (Å²) in [6, 6.07) is 15.6. The molecule has 0 saturated carbocycles. The Balaban J connectivity index is 1.50. The molecule has 2 saturated heterocycles. The first-order valence-electron chi connectivity index (χ1n) is 10.8. The second-order valence-corrected chi connectivity index (χ2v) is 8.44.